The SMILES string of the molecule is CC(O)C(C)N1CCc2ccc([N+](=O)[O-])cc2C1=O. The van der Waals surface area contributed by atoms with Gasteiger partial charge in [-0.15, -0.1) is 0 Å². The molecule has 2 rings (SSSR count). The highest BCUT2D eigenvalue weighted by Gasteiger charge is 2.30. The van der Waals surface area contributed by atoms with Gasteiger partial charge in [0.2, 0.25) is 0 Å². The average Bonchev–Trinajstić information content (AvgIpc) is 2.38. The Labute approximate surface area is 110 Å². The molecule has 1 aromatic carbocycles. The lowest BCUT2D eigenvalue weighted by Gasteiger charge is -2.34. The molecular weight excluding hydrogens is 248 g/mol. The Kier molecular flexibility index (Phi) is 3.53. The molecular formula is C13H16N2O4. The third-order valence-corrected chi connectivity index (χ3v) is 3.61. The fourth-order valence-corrected chi connectivity index (χ4v) is 2.24. The maximum absolute atomic E-state index is 12.3. The maximum Gasteiger partial charge on any atom is 0.270 e. The first-order chi connectivity index (χ1) is 8.91. The monoisotopic (exact) mass is 264 g/mol. The molecule has 1 aliphatic rings. The van der Waals surface area contributed by atoms with Gasteiger partial charge in [-0.2, -0.15) is 0 Å². The number of carbonyl (C=O) groups is 1. The lowest BCUT2D eigenvalue weighted by atomic mass is 9.96. The molecule has 2 unspecified atom stereocenters. The standard InChI is InChI=1S/C13H16N2O4/c1-8(9(2)16)14-6-5-10-3-4-11(15(18)19)7-12(10)13(14)17/h3-4,7-9,16H,5-6H2,1-2H3. The number of nitrogens with zero attached hydrogens (tertiary/aromatic N) is 2. The molecule has 0 aromatic heterocycles. The average molecular weight is 264 g/mol. The second kappa shape index (κ2) is 4.97. The number of benzene rings is 1. The molecule has 0 spiro atoms. The lowest BCUT2D eigenvalue weighted by molar-refractivity contribution is -0.384. The van der Waals surface area contributed by atoms with Gasteiger partial charge < -0.3 is 10.0 Å². The molecule has 0 aliphatic carbocycles. The summed E-state index contributed by atoms with van der Waals surface area (Å²) in [5, 5.41) is 20.3. The van der Waals surface area contributed by atoms with Crippen LogP contribution in [0, 0.1) is 10.1 Å². The number of aliphatic hydroxyl groups excluding tert-OH is 1. The van der Waals surface area contributed by atoms with Crippen LogP contribution in [0.25, 0.3) is 0 Å². The highest BCUT2D eigenvalue weighted by molar-refractivity contribution is 5.97. The number of amides is 1. The van der Waals surface area contributed by atoms with E-state index < -0.39 is 11.0 Å². The zero-order valence-electron chi connectivity index (χ0n) is 10.9. The Morgan fingerprint density at radius 2 is 2.11 bits per heavy atom. The molecule has 0 saturated heterocycles. The number of rotatable bonds is 3. The number of hydrogen-bond donors (Lipinski definition) is 1. The number of nitro groups is 1. The third kappa shape index (κ3) is 2.44. The van der Waals surface area contributed by atoms with E-state index in [9.17, 15) is 20.0 Å². The lowest BCUT2D eigenvalue weighted by Crippen LogP contribution is -2.47. The van der Waals surface area contributed by atoms with Crippen LogP contribution in [0.4, 0.5) is 5.69 Å². The fourth-order valence-electron chi connectivity index (χ4n) is 2.24. The van der Waals surface area contributed by atoms with Crippen LogP contribution in [0.5, 0.6) is 0 Å². The van der Waals surface area contributed by atoms with Crippen molar-refractivity contribution in [2.45, 2.75) is 32.4 Å². The van der Waals surface area contributed by atoms with Gasteiger partial charge in [-0.3, -0.25) is 14.9 Å². The number of hydrogen-bond acceptors (Lipinski definition) is 4. The summed E-state index contributed by atoms with van der Waals surface area (Å²) in [4.78, 5) is 24.1. The third-order valence-electron chi connectivity index (χ3n) is 3.61. The molecule has 102 valence electrons. The topological polar surface area (TPSA) is 83.7 Å². The fraction of sp³-hybridized carbons (Fsp3) is 0.462. The van der Waals surface area contributed by atoms with Crippen molar-refractivity contribution < 1.29 is 14.8 Å². The van der Waals surface area contributed by atoms with E-state index in [2.05, 4.69) is 0 Å². The Hall–Kier alpha value is -1.95. The van der Waals surface area contributed by atoms with E-state index in [1.807, 2.05) is 0 Å². The summed E-state index contributed by atoms with van der Waals surface area (Å²) in [6.07, 6.45) is 0.0139. The predicted octanol–water partition coefficient (Wildman–Crippen LogP) is 1.36. The Balaban J connectivity index is 2.36. The zero-order valence-corrected chi connectivity index (χ0v) is 10.9. The summed E-state index contributed by atoms with van der Waals surface area (Å²) in [7, 11) is 0. The van der Waals surface area contributed by atoms with E-state index in [-0.39, 0.29) is 17.6 Å². The number of nitro benzene ring substituents is 1. The normalized spacial score (nSPS) is 17.8. The highest BCUT2D eigenvalue weighted by atomic mass is 16.6. The van der Waals surface area contributed by atoms with Crippen LogP contribution < -0.4 is 0 Å². The van der Waals surface area contributed by atoms with Crippen molar-refractivity contribution in [1.82, 2.24) is 4.90 Å². The van der Waals surface area contributed by atoms with Gasteiger partial charge >= 0.3 is 0 Å². The van der Waals surface area contributed by atoms with Crippen molar-refractivity contribution in [3.63, 3.8) is 0 Å². The van der Waals surface area contributed by atoms with Crippen molar-refractivity contribution in [3.05, 3.63) is 39.4 Å². The van der Waals surface area contributed by atoms with Gasteiger partial charge in [-0.1, -0.05) is 6.07 Å². The molecule has 1 amide bonds. The van der Waals surface area contributed by atoms with Gasteiger partial charge in [-0.05, 0) is 25.8 Å². The van der Waals surface area contributed by atoms with Crippen molar-refractivity contribution in [1.29, 1.82) is 0 Å². The van der Waals surface area contributed by atoms with Crippen LogP contribution in [0.2, 0.25) is 0 Å². The van der Waals surface area contributed by atoms with Gasteiger partial charge in [0.05, 0.1) is 17.1 Å². The van der Waals surface area contributed by atoms with Crippen LogP contribution in [-0.2, 0) is 6.42 Å². The highest BCUT2D eigenvalue weighted by Crippen LogP contribution is 2.25. The number of fused-ring (bicyclic) bond motifs is 1. The predicted molar refractivity (Wildman–Crippen MR) is 69.0 cm³/mol. The first kappa shape index (κ1) is 13.5. The quantitative estimate of drug-likeness (QED) is 0.660. The summed E-state index contributed by atoms with van der Waals surface area (Å²) in [6.45, 7) is 3.92. The summed E-state index contributed by atoms with van der Waals surface area (Å²) < 4.78 is 0. The van der Waals surface area contributed by atoms with Gasteiger partial charge in [0, 0.05) is 24.2 Å². The summed E-state index contributed by atoms with van der Waals surface area (Å²) in [6, 6.07) is 4.06. The first-order valence-corrected chi connectivity index (χ1v) is 6.18. The molecule has 0 bridgehead atoms. The number of non-ortho nitro benzene ring substituents is 1. The van der Waals surface area contributed by atoms with Crippen molar-refractivity contribution in [2.24, 2.45) is 0 Å². The molecule has 1 heterocycles. The van der Waals surface area contributed by atoms with Crippen molar-refractivity contribution in [3.8, 4) is 0 Å². The van der Waals surface area contributed by atoms with E-state index in [0.29, 0.717) is 18.5 Å². The van der Waals surface area contributed by atoms with Crippen LogP contribution in [0.3, 0.4) is 0 Å². The minimum absolute atomic E-state index is 0.0846. The van der Waals surface area contributed by atoms with Crippen LogP contribution in [-0.4, -0.2) is 39.5 Å². The summed E-state index contributed by atoms with van der Waals surface area (Å²) in [5.41, 5.74) is 1.11. The molecule has 1 aromatic rings. The zero-order chi connectivity index (χ0) is 14.2. The number of carbonyl (C=O) groups excluding carboxylic acids is 1. The molecule has 2 atom stereocenters. The first-order valence-electron chi connectivity index (χ1n) is 6.18. The second-order valence-corrected chi connectivity index (χ2v) is 4.83. The minimum atomic E-state index is -0.635. The Morgan fingerprint density at radius 3 is 2.68 bits per heavy atom. The molecule has 6 nitrogen and oxygen atoms in total. The van der Waals surface area contributed by atoms with E-state index in [4.69, 9.17) is 0 Å². The van der Waals surface area contributed by atoms with Crippen molar-refractivity contribution in [2.75, 3.05) is 6.54 Å². The van der Waals surface area contributed by atoms with Crippen LogP contribution in [0.15, 0.2) is 18.2 Å². The molecule has 1 aliphatic heterocycles. The number of aliphatic hydroxyl groups is 1. The minimum Gasteiger partial charge on any atom is -0.391 e. The molecule has 0 radical (unpaired) electrons. The Morgan fingerprint density at radius 1 is 1.42 bits per heavy atom. The smallest absolute Gasteiger partial charge is 0.270 e. The van der Waals surface area contributed by atoms with Crippen LogP contribution in [0.1, 0.15) is 29.8 Å². The van der Waals surface area contributed by atoms with Crippen LogP contribution >= 0.6 is 0 Å². The van der Waals surface area contributed by atoms with E-state index in [1.165, 1.54) is 12.1 Å². The van der Waals surface area contributed by atoms with E-state index in [1.54, 1.807) is 24.8 Å². The molecule has 19 heavy (non-hydrogen) atoms. The Bertz CT molecular complexity index is 527. The maximum atomic E-state index is 12.3. The van der Waals surface area contributed by atoms with E-state index in [0.717, 1.165) is 5.56 Å². The molecule has 0 fully saturated rings. The molecule has 6 heteroatoms. The van der Waals surface area contributed by atoms with Gasteiger partial charge in [0.1, 0.15) is 0 Å². The summed E-state index contributed by atoms with van der Waals surface area (Å²) >= 11 is 0. The summed E-state index contributed by atoms with van der Waals surface area (Å²) in [5.74, 6) is -0.252. The largest absolute Gasteiger partial charge is 0.391 e. The van der Waals surface area contributed by atoms with Crippen molar-refractivity contribution >= 4 is 11.6 Å². The molecule has 0 saturated carbocycles. The second-order valence-electron chi connectivity index (χ2n) is 4.83. The van der Waals surface area contributed by atoms with Gasteiger partial charge in [0.25, 0.3) is 11.6 Å². The van der Waals surface area contributed by atoms with E-state index >= 15 is 0 Å². The van der Waals surface area contributed by atoms with Gasteiger partial charge in [0.15, 0.2) is 0 Å². The van der Waals surface area contributed by atoms with Gasteiger partial charge in [-0.25, -0.2) is 0 Å². The molecule has 1 N–H and O–H groups in total.